The van der Waals surface area contributed by atoms with Crippen molar-refractivity contribution >= 4 is 0 Å². The molecule has 0 aromatic carbocycles. The molecule has 3 heterocycles. The van der Waals surface area contributed by atoms with Gasteiger partial charge in [-0.15, -0.1) is 0 Å². The lowest BCUT2D eigenvalue weighted by molar-refractivity contribution is 0.0972. The van der Waals surface area contributed by atoms with Gasteiger partial charge in [0.25, 0.3) is 0 Å². The molecule has 0 spiro atoms. The van der Waals surface area contributed by atoms with E-state index >= 15 is 0 Å². The van der Waals surface area contributed by atoms with E-state index < -0.39 is 0 Å². The molecule has 0 radical (unpaired) electrons. The molecule has 1 fully saturated rings. The molecule has 1 saturated heterocycles. The van der Waals surface area contributed by atoms with E-state index in [1.54, 1.807) is 0 Å². The predicted molar refractivity (Wildman–Crippen MR) is 87.1 cm³/mol. The fourth-order valence-electron chi connectivity index (χ4n) is 3.16. The average molecular weight is 334 g/mol. The van der Waals surface area contributed by atoms with Crippen LogP contribution in [0.2, 0.25) is 0 Å². The third kappa shape index (κ3) is 4.39. The summed E-state index contributed by atoms with van der Waals surface area (Å²) >= 11 is 0. The predicted octanol–water partition coefficient (Wildman–Crippen LogP) is 1.81. The fourth-order valence-corrected chi connectivity index (χ4v) is 3.16. The van der Waals surface area contributed by atoms with Crippen LogP contribution in [0.15, 0.2) is 9.05 Å². The number of piperidine rings is 1. The summed E-state index contributed by atoms with van der Waals surface area (Å²) in [7, 11) is 2.12. The number of likely N-dealkylation sites (N-methyl/N-ethyl adjacent to an activating group) is 1. The standard InChI is InChI=1S/C16H26N6O2/c1-4-6-14-18-16(24-19-14)11-21(3)13-7-5-8-22(9-13)10-15-17-12(2)23-20-15/h13H,4-11H2,1-3H3/t13-/m1/s1. The molecular weight excluding hydrogens is 308 g/mol. The Balaban J connectivity index is 1.53. The first-order chi connectivity index (χ1) is 11.6. The Kier molecular flexibility index (Phi) is 5.57. The largest absolute Gasteiger partial charge is 0.340 e. The van der Waals surface area contributed by atoms with Gasteiger partial charge in [0.15, 0.2) is 11.6 Å². The van der Waals surface area contributed by atoms with Gasteiger partial charge >= 0.3 is 0 Å². The molecule has 0 aliphatic carbocycles. The summed E-state index contributed by atoms with van der Waals surface area (Å²) in [6.45, 7) is 7.42. The Bertz CT molecular complexity index is 640. The fraction of sp³-hybridized carbons (Fsp3) is 0.750. The highest BCUT2D eigenvalue weighted by Gasteiger charge is 2.25. The van der Waals surface area contributed by atoms with Crippen LogP contribution in [-0.4, -0.2) is 56.3 Å². The second-order valence-electron chi connectivity index (χ2n) is 6.53. The number of likely N-dealkylation sites (tertiary alicyclic amines) is 1. The summed E-state index contributed by atoms with van der Waals surface area (Å²) in [5, 5.41) is 8.02. The minimum atomic E-state index is 0.466. The maximum absolute atomic E-state index is 5.36. The quantitative estimate of drug-likeness (QED) is 0.758. The molecule has 0 saturated carbocycles. The van der Waals surface area contributed by atoms with Gasteiger partial charge in [-0.1, -0.05) is 17.2 Å². The maximum Gasteiger partial charge on any atom is 0.240 e. The molecule has 1 aliphatic heterocycles. The van der Waals surface area contributed by atoms with Gasteiger partial charge in [-0.25, -0.2) is 0 Å². The van der Waals surface area contributed by atoms with Crippen molar-refractivity contribution in [1.29, 1.82) is 0 Å². The molecule has 0 N–H and O–H groups in total. The van der Waals surface area contributed by atoms with E-state index in [-0.39, 0.29) is 0 Å². The lowest BCUT2D eigenvalue weighted by Crippen LogP contribution is -2.45. The molecule has 1 atom stereocenters. The highest BCUT2D eigenvalue weighted by Crippen LogP contribution is 2.18. The molecule has 0 bridgehead atoms. The van der Waals surface area contributed by atoms with Crippen molar-refractivity contribution in [3.8, 4) is 0 Å². The number of rotatable bonds is 7. The lowest BCUT2D eigenvalue weighted by Gasteiger charge is -2.36. The van der Waals surface area contributed by atoms with E-state index in [9.17, 15) is 0 Å². The molecular formula is C16H26N6O2. The minimum absolute atomic E-state index is 0.466. The molecule has 0 amide bonds. The Morgan fingerprint density at radius 3 is 2.79 bits per heavy atom. The first-order valence-corrected chi connectivity index (χ1v) is 8.67. The van der Waals surface area contributed by atoms with Crippen molar-refractivity contribution in [3.63, 3.8) is 0 Å². The van der Waals surface area contributed by atoms with Crippen LogP contribution >= 0.6 is 0 Å². The Labute approximate surface area is 142 Å². The molecule has 0 unspecified atom stereocenters. The zero-order valence-electron chi connectivity index (χ0n) is 14.7. The van der Waals surface area contributed by atoms with Gasteiger partial charge in [0.2, 0.25) is 11.8 Å². The van der Waals surface area contributed by atoms with Gasteiger partial charge in [0.1, 0.15) is 0 Å². The van der Waals surface area contributed by atoms with Gasteiger partial charge in [0.05, 0.1) is 13.1 Å². The highest BCUT2D eigenvalue weighted by atomic mass is 16.5. The number of hydrogen-bond donors (Lipinski definition) is 0. The van der Waals surface area contributed by atoms with Crippen LogP contribution in [0.25, 0.3) is 0 Å². The molecule has 24 heavy (non-hydrogen) atoms. The second-order valence-corrected chi connectivity index (χ2v) is 6.53. The smallest absolute Gasteiger partial charge is 0.240 e. The third-order valence-corrected chi connectivity index (χ3v) is 4.41. The molecule has 3 rings (SSSR count). The minimum Gasteiger partial charge on any atom is -0.340 e. The Hall–Kier alpha value is -1.80. The lowest BCUT2D eigenvalue weighted by atomic mass is 10.0. The van der Waals surface area contributed by atoms with Crippen LogP contribution in [0.1, 0.15) is 49.6 Å². The van der Waals surface area contributed by atoms with Gasteiger partial charge in [-0.3, -0.25) is 9.80 Å². The first-order valence-electron chi connectivity index (χ1n) is 8.67. The molecule has 2 aromatic heterocycles. The van der Waals surface area contributed by atoms with E-state index in [1.807, 2.05) is 6.92 Å². The van der Waals surface area contributed by atoms with Gasteiger partial charge in [-0.2, -0.15) is 9.97 Å². The Morgan fingerprint density at radius 1 is 1.21 bits per heavy atom. The SMILES string of the molecule is CCCc1noc(CN(C)[C@@H]2CCCN(Cc3noc(C)n3)C2)n1. The summed E-state index contributed by atoms with van der Waals surface area (Å²) in [6.07, 6.45) is 4.24. The third-order valence-electron chi connectivity index (χ3n) is 4.41. The van der Waals surface area contributed by atoms with Gasteiger partial charge < -0.3 is 9.05 Å². The Morgan fingerprint density at radius 2 is 2.04 bits per heavy atom. The van der Waals surface area contributed by atoms with E-state index in [2.05, 4.69) is 44.1 Å². The summed E-state index contributed by atoms with van der Waals surface area (Å²) in [5.41, 5.74) is 0. The maximum atomic E-state index is 5.36. The molecule has 132 valence electrons. The van der Waals surface area contributed by atoms with E-state index in [0.29, 0.717) is 24.4 Å². The van der Waals surface area contributed by atoms with E-state index in [1.165, 1.54) is 6.42 Å². The zero-order chi connectivity index (χ0) is 16.9. The van der Waals surface area contributed by atoms with Crippen molar-refractivity contribution in [1.82, 2.24) is 30.1 Å². The van der Waals surface area contributed by atoms with Crippen LogP contribution in [0.5, 0.6) is 0 Å². The van der Waals surface area contributed by atoms with Crippen molar-refractivity contribution in [2.75, 3.05) is 20.1 Å². The van der Waals surface area contributed by atoms with Crippen LogP contribution in [0.3, 0.4) is 0 Å². The summed E-state index contributed by atoms with van der Waals surface area (Å²) in [6, 6.07) is 0.466. The summed E-state index contributed by atoms with van der Waals surface area (Å²) in [5.74, 6) is 2.89. The second kappa shape index (κ2) is 7.85. The topological polar surface area (TPSA) is 84.3 Å². The summed E-state index contributed by atoms with van der Waals surface area (Å²) < 4.78 is 10.4. The molecule has 2 aromatic rings. The average Bonchev–Trinajstić information content (AvgIpc) is 3.17. The summed E-state index contributed by atoms with van der Waals surface area (Å²) in [4.78, 5) is 13.4. The monoisotopic (exact) mass is 334 g/mol. The van der Waals surface area contributed by atoms with Crippen molar-refractivity contribution in [3.05, 3.63) is 23.4 Å². The zero-order valence-corrected chi connectivity index (χ0v) is 14.7. The number of nitrogens with zero attached hydrogens (tertiary/aromatic N) is 6. The van der Waals surface area contributed by atoms with Crippen molar-refractivity contribution in [2.45, 2.75) is 58.7 Å². The number of hydrogen-bond acceptors (Lipinski definition) is 8. The van der Waals surface area contributed by atoms with Gasteiger partial charge in [-0.05, 0) is 32.9 Å². The number of aryl methyl sites for hydroxylation is 2. The highest BCUT2D eigenvalue weighted by molar-refractivity contribution is 4.90. The van der Waals surface area contributed by atoms with Crippen LogP contribution < -0.4 is 0 Å². The van der Waals surface area contributed by atoms with Crippen molar-refractivity contribution < 1.29 is 9.05 Å². The van der Waals surface area contributed by atoms with E-state index in [0.717, 1.165) is 50.5 Å². The van der Waals surface area contributed by atoms with Crippen molar-refractivity contribution in [2.24, 2.45) is 0 Å². The van der Waals surface area contributed by atoms with E-state index in [4.69, 9.17) is 9.05 Å². The molecule has 8 nitrogen and oxygen atoms in total. The first kappa shape index (κ1) is 17.0. The van der Waals surface area contributed by atoms with Gasteiger partial charge in [0, 0.05) is 25.9 Å². The normalized spacial score (nSPS) is 19.2. The molecule has 8 heteroatoms. The number of aromatic nitrogens is 4. The van der Waals surface area contributed by atoms with Crippen LogP contribution in [0.4, 0.5) is 0 Å². The van der Waals surface area contributed by atoms with Crippen LogP contribution in [-0.2, 0) is 19.5 Å². The molecule has 1 aliphatic rings. The van der Waals surface area contributed by atoms with Crippen LogP contribution in [0, 0.1) is 6.92 Å².